The summed E-state index contributed by atoms with van der Waals surface area (Å²) >= 11 is 0. The number of nitrogens with two attached hydrogens (primary N) is 1. The van der Waals surface area contributed by atoms with Crippen molar-refractivity contribution in [2.75, 3.05) is 20.1 Å². The lowest BCUT2D eigenvalue weighted by molar-refractivity contribution is -0.126. The SMILES string of the molecule is CCC1CN(C(C)C(=O)NC)CCC1N. The van der Waals surface area contributed by atoms with E-state index >= 15 is 0 Å². The summed E-state index contributed by atoms with van der Waals surface area (Å²) in [5.41, 5.74) is 6.03. The first-order valence-electron chi connectivity index (χ1n) is 5.81. The van der Waals surface area contributed by atoms with Gasteiger partial charge in [-0.15, -0.1) is 0 Å². The maximum absolute atomic E-state index is 11.5. The van der Waals surface area contributed by atoms with Crippen molar-refractivity contribution in [3.05, 3.63) is 0 Å². The van der Waals surface area contributed by atoms with Crippen molar-refractivity contribution in [3.63, 3.8) is 0 Å². The molecule has 1 heterocycles. The molecule has 0 aromatic heterocycles. The van der Waals surface area contributed by atoms with Gasteiger partial charge in [-0.25, -0.2) is 0 Å². The van der Waals surface area contributed by atoms with E-state index in [1.54, 1.807) is 7.05 Å². The van der Waals surface area contributed by atoms with Gasteiger partial charge in [-0.05, 0) is 19.3 Å². The second-order valence-electron chi connectivity index (χ2n) is 4.41. The molecule has 0 spiro atoms. The van der Waals surface area contributed by atoms with Crippen molar-refractivity contribution >= 4 is 5.91 Å². The number of carbonyl (C=O) groups excluding carboxylic acids is 1. The van der Waals surface area contributed by atoms with Crippen LogP contribution in [0.4, 0.5) is 0 Å². The highest BCUT2D eigenvalue weighted by Crippen LogP contribution is 2.20. The zero-order valence-corrected chi connectivity index (χ0v) is 9.99. The Hall–Kier alpha value is -0.610. The highest BCUT2D eigenvalue weighted by atomic mass is 16.2. The molecule has 0 radical (unpaired) electrons. The number of hydrogen-bond donors (Lipinski definition) is 2. The number of amides is 1. The molecule has 88 valence electrons. The van der Waals surface area contributed by atoms with Crippen LogP contribution in [0.5, 0.6) is 0 Å². The third-order valence-electron chi connectivity index (χ3n) is 3.52. The lowest BCUT2D eigenvalue weighted by atomic mass is 9.90. The van der Waals surface area contributed by atoms with Gasteiger partial charge in [0, 0.05) is 26.2 Å². The van der Waals surface area contributed by atoms with Gasteiger partial charge >= 0.3 is 0 Å². The summed E-state index contributed by atoms with van der Waals surface area (Å²) in [7, 11) is 1.69. The molecule has 15 heavy (non-hydrogen) atoms. The molecule has 1 amide bonds. The number of nitrogens with one attached hydrogen (secondary N) is 1. The van der Waals surface area contributed by atoms with E-state index in [4.69, 9.17) is 5.73 Å². The van der Waals surface area contributed by atoms with Crippen molar-refractivity contribution in [1.82, 2.24) is 10.2 Å². The van der Waals surface area contributed by atoms with E-state index in [1.807, 2.05) is 6.92 Å². The normalized spacial score (nSPS) is 29.9. The van der Waals surface area contributed by atoms with E-state index in [0.717, 1.165) is 25.9 Å². The molecule has 1 saturated heterocycles. The zero-order chi connectivity index (χ0) is 11.4. The third-order valence-corrected chi connectivity index (χ3v) is 3.52. The van der Waals surface area contributed by atoms with Crippen LogP contribution in [0.15, 0.2) is 0 Å². The Morgan fingerprint density at radius 2 is 2.33 bits per heavy atom. The van der Waals surface area contributed by atoms with Crippen LogP contribution in [-0.2, 0) is 4.79 Å². The van der Waals surface area contributed by atoms with E-state index in [1.165, 1.54) is 0 Å². The lowest BCUT2D eigenvalue weighted by Gasteiger charge is -2.39. The minimum Gasteiger partial charge on any atom is -0.358 e. The Morgan fingerprint density at radius 1 is 1.67 bits per heavy atom. The van der Waals surface area contributed by atoms with Crippen LogP contribution >= 0.6 is 0 Å². The largest absolute Gasteiger partial charge is 0.358 e. The molecule has 3 unspecified atom stereocenters. The second kappa shape index (κ2) is 5.47. The molecule has 1 aliphatic heterocycles. The summed E-state index contributed by atoms with van der Waals surface area (Å²) in [6.45, 7) is 6.01. The predicted molar refractivity (Wildman–Crippen MR) is 61.5 cm³/mol. The standard InChI is InChI=1S/C11H23N3O/c1-4-9-7-14(6-5-10(9)12)8(2)11(15)13-3/h8-10H,4-7,12H2,1-3H3,(H,13,15). The molecule has 1 fully saturated rings. The van der Waals surface area contributed by atoms with E-state index in [2.05, 4.69) is 17.1 Å². The van der Waals surface area contributed by atoms with Crippen LogP contribution in [-0.4, -0.2) is 43.0 Å². The van der Waals surface area contributed by atoms with Gasteiger partial charge < -0.3 is 11.1 Å². The zero-order valence-electron chi connectivity index (χ0n) is 9.99. The first kappa shape index (κ1) is 12.5. The first-order chi connectivity index (χ1) is 7.10. The van der Waals surface area contributed by atoms with Gasteiger partial charge in [0.25, 0.3) is 0 Å². The molecule has 0 aliphatic carbocycles. The molecule has 4 heteroatoms. The van der Waals surface area contributed by atoms with Crippen LogP contribution < -0.4 is 11.1 Å². The summed E-state index contributed by atoms with van der Waals surface area (Å²) in [4.78, 5) is 13.7. The summed E-state index contributed by atoms with van der Waals surface area (Å²) in [5, 5.41) is 2.69. The molecule has 0 aromatic rings. The molecule has 0 saturated carbocycles. The predicted octanol–water partition coefficient (Wildman–Crippen LogP) is 0.180. The number of nitrogens with zero attached hydrogens (tertiary/aromatic N) is 1. The fraction of sp³-hybridized carbons (Fsp3) is 0.909. The van der Waals surface area contributed by atoms with Crippen molar-refractivity contribution in [2.24, 2.45) is 11.7 Å². The molecule has 1 rings (SSSR count). The summed E-state index contributed by atoms with van der Waals surface area (Å²) < 4.78 is 0. The minimum atomic E-state index is -0.0310. The van der Waals surface area contributed by atoms with Gasteiger partial charge in [0.15, 0.2) is 0 Å². The molecule has 3 atom stereocenters. The Labute approximate surface area is 92.2 Å². The topological polar surface area (TPSA) is 58.4 Å². The van der Waals surface area contributed by atoms with Crippen molar-refractivity contribution in [2.45, 2.75) is 38.8 Å². The van der Waals surface area contributed by atoms with Crippen LogP contribution in [0.25, 0.3) is 0 Å². The van der Waals surface area contributed by atoms with Crippen LogP contribution in [0, 0.1) is 5.92 Å². The summed E-state index contributed by atoms with van der Waals surface area (Å²) in [5.74, 6) is 0.631. The molecule has 0 aromatic carbocycles. The molecule has 1 aliphatic rings. The van der Waals surface area contributed by atoms with E-state index < -0.39 is 0 Å². The quantitative estimate of drug-likeness (QED) is 0.703. The Kier molecular flexibility index (Phi) is 4.54. The number of rotatable bonds is 3. The van der Waals surface area contributed by atoms with Gasteiger partial charge in [-0.3, -0.25) is 9.69 Å². The van der Waals surface area contributed by atoms with Crippen molar-refractivity contribution < 1.29 is 4.79 Å². The maximum atomic E-state index is 11.5. The van der Waals surface area contributed by atoms with Crippen LogP contribution in [0.1, 0.15) is 26.7 Å². The monoisotopic (exact) mass is 213 g/mol. The first-order valence-corrected chi connectivity index (χ1v) is 5.81. The average Bonchev–Trinajstić information content (AvgIpc) is 2.27. The van der Waals surface area contributed by atoms with Gasteiger partial charge in [-0.2, -0.15) is 0 Å². The Morgan fingerprint density at radius 3 is 2.87 bits per heavy atom. The maximum Gasteiger partial charge on any atom is 0.236 e. The minimum absolute atomic E-state index is 0.0310. The van der Waals surface area contributed by atoms with Crippen molar-refractivity contribution in [1.29, 1.82) is 0 Å². The Bertz CT molecular complexity index is 220. The molecular formula is C11H23N3O. The number of piperidine rings is 1. The van der Waals surface area contributed by atoms with E-state index in [0.29, 0.717) is 12.0 Å². The van der Waals surface area contributed by atoms with Crippen molar-refractivity contribution in [3.8, 4) is 0 Å². The van der Waals surface area contributed by atoms with E-state index in [-0.39, 0.29) is 11.9 Å². The van der Waals surface area contributed by atoms with Gasteiger partial charge in [0.05, 0.1) is 6.04 Å². The van der Waals surface area contributed by atoms with Crippen LogP contribution in [0.3, 0.4) is 0 Å². The Balaban J connectivity index is 2.54. The fourth-order valence-corrected chi connectivity index (χ4v) is 2.24. The number of likely N-dealkylation sites (tertiary alicyclic amines) is 1. The number of likely N-dealkylation sites (N-methyl/N-ethyl adjacent to an activating group) is 1. The number of hydrogen-bond acceptors (Lipinski definition) is 3. The molecule has 4 nitrogen and oxygen atoms in total. The highest BCUT2D eigenvalue weighted by molar-refractivity contribution is 5.80. The highest BCUT2D eigenvalue weighted by Gasteiger charge is 2.30. The number of carbonyl (C=O) groups is 1. The summed E-state index contributed by atoms with van der Waals surface area (Å²) in [6.07, 6.45) is 2.10. The molecule has 0 bridgehead atoms. The smallest absolute Gasteiger partial charge is 0.236 e. The van der Waals surface area contributed by atoms with Gasteiger partial charge in [0.1, 0.15) is 0 Å². The molecular weight excluding hydrogens is 190 g/mol. The van der Waals surface area contributed by atoms with E-state index in [9.17, 15) is 4.79 Å². The third kappa shape index (κ3) is 2.92. The fourth-order valence-electron chi connectivity index (χ4n) is 2.24. The second-order valence-corrected chi connectivity index (χ2v) is 4.41. The van der Waals surface area contributed by atoms with Gasteiger partial charge in [0.2, 0.25) is 5.91 Å². The van der Waals surface area contributed by atoms with Gasteiger partial charge in [-0.1, -0.05) is 13.3 Å². The lowest BCUT2D eigenvalue weighted by Crippen LogP contribution is -2.53. The van der Waals surface area contributed by atoms with Crippen LogP contribution in [0.2, 0.25) is 0 Å². The molecule has 3 N–H and O–H groups in total. The summed E-state index contributed by atoms with van der Waals surface area (Å²) in [6, 6.07) is 0.277. The average molecular weight is 213 g/mol.